The van der Waals surface area contributed by atoms with Crippen LogP contribution in [0, 0.1) is 6.92 Å². The summed E-state index contributed by atoms with van der Waals surface area (Å²) in [5.41, 5.74) is 7.63. The maximum atomic E-state index is 11.6. The molecule has 3 aromatic carbocycles. The molecule has 0 unspecified atom stereocenters. The zero-order valence-electron chi connectivity index (χ0n) is 21.6. The largest absolute Gasteiger partial charge is 0.481 e. The number of anilines is 2. The molecular formula is C32H27N3O4. The molecule has 0 radical (unpaired) electrons. The van der Waals surface area contributed by atoms with Gasteiger partial charge in [0.2, 0.25) is 5.88 Å². The van der Waals surface area contributed by atoms with Crippen molar-refractivity contribution in [1.29, 1.82) is 0 Å². The highest BCUT2D eigenvalue weighted by atomic mass is 16.5. The fraction of sp³-hybridized carbons (Fsp3) is 0.156. The number of methoxy groups -OCH3 is 1. The monoisotopic (exact) mass is 517 g/mol. The summed E-state index contributed by atoms with van der Waals surface area (Å²) in [7, 11) is 1.60. The second-order valence-electron chi connectivity index (χ2n) is 9.81. The highest BCUT2D eigenvalue weighted by molar-refractivity contribution is 5.85. The van der Waals surface area contributed by atoms with Crippen molar-refractivity contribution < 1.29 is 19.2 Å². The first-order valence-electron chi connectivity index (χ1n) is 12.8. The first-order valence-corrected chi connectivity index (χ1v) is 12.8. The molecule has 194 valence electrons. The minimum atomic E-state index is -0.740. The number of nitrogens with one attached hydrogen (secondary N) is 1. The quantitative estimate of drug-likeness (QED) is 0.224. The van der Waals surface area contributed by atoms with Crippen molar-refractivity contribution in [1.82, 2.24) is 10.1 Å². The summed E-state index contributed by atoms with van der Waals surface area (Å²) in [4.78, 5) is 15.9. The normalized spacial score (nSPS) is 13.6. The number of pyridine rings is 1. The van der Waals surface area contributed by atoms with E-state index in [4.69, 9.17) is 9.26 Å². The van der Waals surface area contributed by atoms with E-state index in [1.54, 1.807) is 13.3 Å². The van der Waals surface area contributed by atoms with E-state index >= 15 is 0 Å². The maximum Gasteiger partial charge on any atom is 0.314 e. The summed E-state index contributed by atoms with van der Waals surface area (Å²) in [6.07, 6.45) is 3.19. The van der Waals surface area contributed by atoms with Gasteiger partial charge in [0, 0.05) is 29.1 Å². The molecule has 7 heteroatoms. The molecule has 0 atom stereocenters. The molecule has 0 saturated heterocycles. The van der Waals surface area contributed by atoms with Crippen LogP contribution >= 0.6 is 0 Å². The number of carboxylic acid groups (broad SMARTS) is 1. The van der Waals surface area contributed by atoms with Gasteiger partial charge in [0.1, 0.15) is 11.4 Å². The minimum Gasteiger partial charge on any atom is -0.481 e. The van der Waals surface area contributed by atoms with Crippen molar-refractivity contribution in [2.24, 2.45) is 0 Å². The Bertz CT molecular complexity index is 1630. The molecule has 2 aromatic heterocycles. The van der Waals surface area contributed by atoms with Gasteiger partial charge < -0.3 is 19.7 Å². The third kappa shape index (κ3) is 4.63. The van der Waals surface area contributed by atoms with Crippen molar-refractivity contribution in [3.05, 3.63) is 102 Å². The summed E-state index contributed by atoms with van der Waals surface area (Å²) in [5, 5.41) is 17.3. The number of benzene rings is 3. The average Bonchev–Trinajstić information content (AvgIpc) is 3.73. The van der Waals surface area contributed by atoms with Gasteiger partial charge in [-0.3, -0.25) is 4.79 Å². The van der Waals surface area contributed by atoms with E-state index in [2.05, 4.69) is 21.5 Å². The molecule has 1 aliphatic rings. The predicted octanol–water partition coefficient (Wildman–Crippen LogP) is 7.25. The third-order valence-corrected chi connectivity index (χ3v) is 7.35. The molecule has 2 N–H and O–H groups in total. The van der Waals surface area contributed by atoms with Gasteiger partial charge in [0.05, 0.1) is 12.5 Å². The molecule has 0 spiro atoms. The zero-order chi connectivity index (χ0) is 27.0. The third-order valence-electron chi connectivity index (χ3n) is 7.35. The smallest absolute Gasteiger partial charge is 0.314 e. The van der Waals surface area contributed by atoms with Crippen LogP contribution in [0.25, 0.3) is 33.6 Å². The van der Waals surface area contributed by atoms with Crippen LogP contribution in [0.4, 0.5) is 11.4 Å². The Balaban J connectivity index is 1.23. The zero-order valence-corrected chi connectivity index (χ0v) is 21.6. The lowest BCUT2D eigenvalue weighted by Crippen LogP contribution is -2.19. The van der Waals surface area contributed by atoms with Crippen LogP contribution < -0.4 is 10.1 Å². The molecule has 2 heterocycles. The van der Waals surface area contributed by atoms with E-state index in [1.807, 2.05) is 85.8 Å². The molecule has 7 nitrogen and oxygen atoms in total. The van der Waals surface area contributed by atoms with Crippen LogP contribution in [0.5, 0.6) is 5.88 Å². The lowest BCUT2D eigenvalue weighted by molar-refractivity contribution is -0.140. The summed E-state index contributed by atoms with van der Waals surface area (Å²) in [6.45, 7) is 1.91. The van der Waals surface area contributed by atoms with Gasteiger partial charge in [-0.25, -0.2) is 4.98 Å². The lowest BCUT2D eigenvalue weighted by atomic mass is 9.93. The van der Waals surface area contributed by atoms with E-state index in [0.29, 0.717) is 24.5 Å². The van der Waals surface area contributed by atoms with Crippen LogP contribution in [0.2, 0.25) is 0 Å². The number of nitrogens with zero attached hydrogens (tertiary/aromatic N) is 2. The molecule has 0 aliphatic heterocycles. The van der Waals surface area contributed by atoms with E-state index < -0.39 is 11.4 Å². The Hall–Kier alpha value is -4.91. The van der Waals surface area contributed by atoms with Gasteiger partial charge in [-0.2, -0.15) is 0 Å². The molecule has 1 fully saturated rings. The number of hydrogen-bond acceptors (Lipinski definition) is 6. The second-order valence-corrected chi connectivity index (χ2v) is 9.81. The first kappa shape index (κ1) is 24.4. The van der Waals surface area contributed by atoms with E-state index in [9.17, 15) is 9.90 Å². The van der Waals surface area contributed by atoms with Crippen LogP contribution in [0.3, 0.4) is 0 Å². The van der Waals surface area contributed by atoms with Crippen LogP contribution in [0.15, 0.2) is 95.6 Å². The van der Waals surface area contributed by atoms with Crippen molar-refractivity contribution in [2.75, 3.05) is 12.4 Å². The standard InChI is InChI=1S/C32H27N3O4/c1-20-29(34-27-5-3-4-24(18-27)25-12-15-28(38-2)33-19-25)30(39-35-20)23-8-6-21(7-9-23)22-10-13-26(14-11-22)32(16-17-32)31(36)37/h3-15,18-19,34H,16-17H2,1-2H3,(H,36,37). The van der Waals surface area contributed by atoms with Gasteiger partial charge in [-0.15, -0.1) is 0 Å². The number of hydrogen-bond donors (Lipinski definition) is 2. The number of aromatic nitrogens is 2. The Morgan fingerprint density at radius 1 is 0.897 bits per heavy atom. The van der Waals surface area contributed by atoms with Gasteiger partial charge in [-0.05, 0) is 60.2 Å². The molecule has 1 aliphatic carbocycles. The van der Waals surface area contributed by atoms with Gasteiger partial charge in [0.25, 0.3) is 0 Å². The summed E-state index contributed by atoms with van der Waals surface area (Å²) < 4.78 is 10.9. The van der Waals surface area contributed by atoms with Crippen LogP contribution in [-0.2, 0) is 10.2 Å². The van der Waals surface area contributed by atoms with Crippen molar-refractivity contribution in [3.63, 3.8) is 0 Å². The Kier molecular flexibility index (Phi) is 6.11. The molecule has 5 aromatic rings. The number of aliphatic carboxylic acids is 1. The lowest BCUT2D eigenvalue weighted by Gasteiger charge is -2.11. The van der Waals surface area contributed by atoms with Gasteiger partial charge in [-0.1, -0.05) is 65.8 Å². The predicted molar refractivity (Wildman–Crippen MR) is 150 cm³/mol. The van der Waals surface area contributed by atoms with Crippen molar-refractivity contribution in [2.45, 2.75) is 25.2 Å². The Labute approximate surface area is 226 Å². The molecule has 0 amide bonds. The molecular weight excluding hydrogens is 490 g/mol. The van der Waals surface area contributed by atoms with Crippen molar-refractivity contribution >= 4 is 17.3 Å². The number of rotatable bonds is 8. The highest BCUT2D eigenvalue weighted by Crippen LogP contribution is 2.48. The number of aryl methyl sites for hydroxylation is 1. The first-order chi connectivity index (χ1) is 19.0. The Morgan fingerprint density at radius 3 is 2.18 bits per heavy atom. The molecule has 6 rings (SSSR count). The number of carboxylic acids is 1. The summed E-state index contributed by atoms with van der Waals surface area (Å²) >= 11 is 0. The van der Waals surface area contributed by atoms with E-state index in [-0.39, 0.29) is 0 Å². The summed E-state index contributed by atoms with van der Waals surface area (Å²) in [6, 6.07) is 27.8. The fourth-order valence-corrected chi connectivity index (χ4v) is 4.85. The number of carbonyl (C=O) groups is 1. The highest BCUT2D eigenvalue weighted by Gasteiger charge is 2.51. The topological polar surface area (TPSA) is 97.5 Å². The van der Waals surface area contributed by atoms with Crippen LogP contribution in [-0.4, -0.2) is 28.3 Å². The molecule has 39 heavy (non-hydrogen) atoms. The molecule has 0 bridgehead atoms. The van der Waals surface area contributed by atoms with Gasteiger partial charge in [0.15, 0.2) is 5.76 Å². The Morgan fingerprint density at radius 2 is 1.56 bits per heavy atom. The SMILES string of the molecule is COc1ccc(-c2cccc(Nc3c(C)noc3-c3ccc(-c4ccc(C5(C(=O)O)CC5)cc4)cc3)c2)cn1. The average molecular weight is 518 g/mol. The molecule has 1 saturated carbocycles. The maximum absolute atomic E-state index is 11.6. The summed E-state index contributed by atoms with van der Waals surface area (Å²) in [5.74, 6) is 0.490. The fourth-order valence-electron chi connectivity index (χ4n) is 4.85. The van der Waals surface area contributed by atoms with E-state index in [1.165, 1.54) is 0 Å². The minimum absolute atomic E-state index is 0.575. The second kappa shape index (κ2) is 9.76. The van der Waals surface area contributed by atoms with E-state index in [0.717, 1.165) is 50.4 Å². The van der Waals surface area contributed by atoms with Crippen molar-refractivity contribution in [3.8, 4) is 39.5 Å². The van der Waals surface area contributed by atoms with Crippen LogP contribution in [0.1, 0.15) is 24.1 Å². The number of ether oxygens (including phenoxy) is 1. The van der Waals surface area contributed by atoms with Gasteiger partial charge >= 0.3 is 5.97 Å².